The Balaban J connectivity index is 1.59. The van der Waals surface area contributed by atoms with Crippen LogP contribution in [0.15, 0.2) is 53.6 Å². The first-order valence-corrected chi connectivity index (χ1v) is 10.1. The third-order valence-electron chi connectivity index (χ3n) is 5.19. The summed E-state index contributed by atoms with van der Waals surface area (Å²) in [5.41, 5.74) is 4.23. The summed E-state index contributed by atoms with van der Waals surface area (Å²) in [6, 6.07) is 2.41. The Labute approximate surface area is 171 Å². The number of aliphatic hydroxyl groups excluding tert-OH is 1. The van der Waals surface area contributed by atoms with Gasteiger partial charge in [0.15, 0.2) is 5.84 Å². The summed E-state index contributed by atoms with van der Waals surface area (Å²) in [6.45, 7) is 6.98. The van der Waals surface area contributed by atoms with Crippen molar-refractivity contribution in [2.45, 2.75) is 51.9 Å². The van der Waals surface area contributed by atoms with Crippen molar-refractivity contribution in [1.29, 1.82) is 0 Å². The largest absolute Gasteiger partial charge is 0.389 e. The second-order valence-corrected chi connectivity index (χ2v) is 7.88. The zero-order chi connectivity index (χ0) is 20.4. The topological polar surface area (TPSA) is 87.4 Å². The van der Waals surface area contributed by atoms with Crippen molar-refractivity contribution in [3.05, 3.63) is 65.4 Å². The summed E-state index contributed by atoms with van der Waals surface area (Å²) in [5, 5.41) is 16.6. The molecule has 3 N–H and O–H groups in total. The lowest BCUT2D eigenvalue weighted by Gasteiger charge is -2.29. The Morgan fingerprint density at radius 3 is 2.90 bits per heavy atom. The molecule has 0 amide bonds. The summed E-state index contributed by atoms with van der Waals surface area (Å²) >= 11 is 0. The Hall–Kier alpha value is -2.93. The highest BCUT2D eigenvalue weighted by Crippen LogP contribution is 2.28. The van der Waals surface area contributed by atoms with Gasteiger partial charge in [0.2, 0.25) is 0 Å². The van der Waals surface area contributed by atoms with Gasteiger partial charge in [-0.3, -0.25) is 9.98 Å². The molecule has 2 unspecified atom stereocenters. The Bertz CT molecular complexity index is 971. The first-order chi connectivity index (χ1) is 14.0. The molecule has 3 heterocycles. The second-order valence-electron chi connectivity index (χ2n) is 7.88. The number of imidazole rings is 1. The zero-order valence-corrected chi connectivity index (χ0v) is 17.1. The summed E-state index contributed by atoms with van der Waals surface area (Å²) in [6.07, 6.45) is 12.5. The number of amidine groups is 1. The van der Waals surface area contributed by atoms with Crippen LogP contribution >= 0.6 is 0 Å². The van der Waals surface area contributed by atoms with E-state index in [4.69, 9.17) is 4.99 Å². The quantitative estimate of drug-likeness (QED) is 0.727. The average Bonchev–Trinajstić information content (AvgIpc) is 3.14. The minimum Gasteiger partial charge on any atom is -0.389 e. The van der Waals surface area contributed by atoms with Crippen LogP contribution in [0.25, 0.3) is 0 Å². The molecule has 0 spiro atoms. The van der Waals surface area contributed by atoms with E-state index in [9.17, 15) is 5.11 Å². The van der Waals surface area contributed by atoms with Crippen LogP contribution in [-0.4, -0.2) is 38.1 Å². The maximum atomic E-state index is 9.58. The van der Waals surface area contributed by atoms with Gasteiger partial charge in [0, 0.05) is 30.5 Å². The minimum absolute atomic E-state index is 0.119. The van der Waals surface area contributed by atoms with Crippen molar-refractivity contribution in [3.63, 3.8) is 0 Å². The number of aliphatic imine (C=N–C) groups is 1. The number of pyridine rings is 1. The molecule has 0 saturated heterocycles. The molecule has 4 rings (SSSR count). The van der Waals surface area contributed by atoms with Gasteiger partial charge in [-0.25, -0.2) is 4.98 Å². The number of hydrogen-bond donors (Lipinski definition) is 3. The number of anilines is 1. The van der Waals surface area contributed by atoms with Gasteiger partial charge in [-0.05, 0) is 45.2 Å². The summed E-state index contributed by atoms with van der Waals surface area (Å²) in [4.78, 5) is 13.8. The molecule has 29 heavy (non-hydrogen) atoms. The normalized spacial score (nSPS) is 22.2. The molecule has 7 heteroatoms. The lowest BCUT2D eigenvalue weighted by molar-refractivity contribution is 0.225. The van der Waals surface area contributed by atoms with Crippen LogP contribution in [-0.2, 0) is 0 Å². The molecular weight excluding hydrogens is 364 g/mol. The van der Waals surface area contributed by atoms with Crippen molar-refractivity contribution in [2.24, 2.45) is 4.99 Å². The zero-order valence-electron chi connectivity index (χ0n) is 17.1. The molecule has 2 aliphatic rings. The Morgan fingerprint density at radius 2 is 2.17 bits per heavy atom. The molecule has 0 bridgehead atoms. The van der Waals surface area contributed by atoms with E-state index in [1.807, 2.05) is 37.8 Å². The fraction of sp³-hybridized carbons (Fsp3) is 0.409. The number of aryl methyl sites for hydroxylation is 1. The van der Waals surface area contributed by atoms with E-state index in [-0.39, 0.29) is 12.3 Å². The molecule has 0 radical (unpaired) electrons. The van der Waals surface area contributed by atoms with Gasteiger partial charge in [0.05, 0.1) is 12.4 Å². The van der Waals surface area contributed by atoms with Crippen molar-refractivity contribution >= 4 is 11.7 Å². The molecule has 2 aromatic rings. The molecule has 0 aromatic carbocycles. The van der Waals surface area contributed by atoms with Gasteiger partial charge in [-0.2, -0.15) is 0 Å². The van der Waals surface area contributed by atoms with Crippen LogP contribution < -0.4 is 10.6 Å². The summed E-state index contributed by atoms with van der Waals surface area (Å²) in [7, 11) is 0. The number of aromatic nitrogens is 3. The lowest BCUT2D eigenvalue weighted by Crippen LogP contribution is -2.40. The summed E-state index contributed by atoms with van der Waals surface area (Å²) in [5.74, 6) is 1.77. The van der Waals surface area contributed by atoms with Crippen molar-refractivity contribution in [3.8, 4) is 0 Å². The van der Waals surface area contributed by atoms with Crippen LogP contribution in [0.2, 0.25) is 0 Å². The number of fused-ring (bicyclic) bond motifs is 1. The third kappa shape index (κ3) is 4.24. The standard InChI is InChI=1S/C22H28N6O/c1-14(2)28-13-25-19-21(24-9-8-16-4-6-18(29)7-5-16)26-20(27-22(19)28)17-10-15(3)11-23-12-17/h4-6,10-14,18,20,27,29H,7-9H2,1-3H3,(H,24,26). The number of nitrogens with zero attached hydrogens (tertiary/aromatic N) is 4. The van der Waals surface area contributed by atoms with Crippen molar-refractivity contribution < 1.29 is 5.11 Å². The smallest absolute Gasteiger partial charge is 0.153 e. The molecule has 2 aromatic heterocycles. The molecule has 1 aliphatic heterocycles. The van der Waals surface area contributed by atoms with Gasteiger partial charge in [0.25, 0.3) is 0 Å². The molecule has 2 atom stereocenters. The number of aliphatic hydroxyl groups is 1. The first-order valence-electron chi connectivity index (χ1n) is 10.1. The Kier molecular flexibility index (Phi) is 5.49. The van der Waals surface area contributed by atoms with E-state index in [0.717, 1.165) is 34.9 Å². The minimum atomic E-state index is -0.359. The highest BCUT2D eigenvalue weighted by Gasteiger charge is 2.28. The molecular formula is C22H28N6O. The second kappa shape index (κ2) is 8.21. The maximum Gasteiger partial charge on any atom is 0.153 e. The monoisotopic (exact) mass is 392 g/mol. The van der Waals surface area contributed by atoms with E-state index in [1.54, 1.807) is 0 Å². The highest BCUT2D eigenvalue weighted by molar-refractivity contribution is 6.03. The van der Waals surface area contributed by atoms with Crippen molar-refractivity contribution in [1.82, 2.24) is 19.9 Å². The maximum absolute atomic E-state index is 9.58. The van der Waals surface area contributed by atoms with Gasteiger partial charge in [-0.15, -0.1) is 0 Å². The van der Waals surface area contributed by atoms with Crippen LogP contribution in [0.3, 0.4) is 0 Å². The molecule has 152 valence electrons. The van der Waals surface area contributed by atoms with E-state index in [1.165, 1.54) is 5.57 Å². The van der Waals surface area contributed by atoms with Crippen molar-refractivity contribution in [2.75, 3.05) is 11.9 Å². The van der Waals surface area contributed by atoms with Gasteiger partial charge < -0.3 is 20.3 Å². The van der Waals surface area contributed by atoms with E-state index >= 15 is 0 Å². The van der Waals surface area contributed by atoms with Gasteiger partial charge in [-0.1, -0.05) is 23.8 Å². The van der Waals surface area contributed by atoms with E-state index in [2.05, 4.69) is 51.2 Å². The SMILES string of the molecule is Cc1cncc(C2NC(=NCCC3=CCC(O)C=C3)c3ncn(C(C)C)c3N2)c1. The van der Waals surface area contributed by atoms with Gasteiger partial charge >= 0.3 is 0 Å². The first kappa shape index (κ1) is 19.4. The van der Waals surface area contributed by atoms with Crippen LogP contribution in [0.4, 0.5) is 5.82 Å². The third-order valence-corrected chi connectivity index (χ3v) is 5.19. The fourth-order valence-corrected chi connectivity index (χ4v) is 3.61. The van der Waals surface area contributed by atoms with Gasteiger partial charge in [0.1, 0.15) is 17.7 Å². The lowest BCUT2D eigenvalue weighted by atomic mass is 10.0. The Morgan fingerprint density at radius 1 is 1.31 bits per heavy atom. The molecule has 0 fully saturated rings. The van der Waals surface area contributed by atoms with Crippen LogP contribution in [0.1, 0.15) is 55.7 Å². The molecule has 0 saturated carbocycles. The van der Waals surface area contributed by atoms with Crippen LogP contribution in [0.5, 0.6) is 0 Å². The van der Waals surface area contributed by atoms with E-state index in [0.29, 0.717) is 19.0 Å². The fourth-order valence-electron chi connectivity index (χ4n) is 3.61. The predicted octanol–water partition coefficient (Wildman–Crippen LogP) is 3.27. The molecule has 1 aliphatic carbocycles. The predicted molar refractivity (Wildman–Crippen MR) is 115 cm³/mol. The highest BCUT2D eigenvalue weighted by atomic mass is 16.3. The number of allylic oxidation sites excluding steroid dienone is 1. The average molecular weight is 393 g/mol. The summed E-state index contributed by atoms with van der Waals surface area (Å²) < 4.78 is 2.13. The number of rotatable bonds is 5. The number of nitrogens with one attached hydrogen (secondary N) is 2. The van der Waals surface area contributed by atoms with E-state index < -0.39 is 0 Å². The van der Waals surface area contributed by atoms with Crippen LogP contribution in [0, 0.1) is 6.92 Å². The molecule has 7 nitrogen and oxygen atoms in total. The number of hydrogen-bond acceptors (Lipinski definition) is 5.